The number of hydrogen-bond donors (Lipinski definition) is 2. The predicted molar refractivity (Wildman–Crippen MR) is 155 cm³/mol. The number of aromatic nitrogens is 4. The minimum Gasteiger partial charge on any atom is -0.351 e. The fourth-order valence-electron chi connectivity index (χ4n) is 5.58. The number of anilines is 2. The van der Waals surface area contributed by atoms with Crippen molar-refractivity contribution in [2.75, 3.05) is 29.9 Å². The third-order valence-corrected chi connectivity index (χ3v) is 9.54. The average molecular weight is 572 g/mol. The molecule has 2 aliphatic carbocycles. The lowest BCUT2D eigenvalue weighted by Crippen LogP contribution is -2.36. The van der Waals surface area contributed by atoms with Crippen LogP contribution in [0.1, 0.15) is 64.8 Å². The van der Waals surface area contributed by atoms with Crippen LogP contribution in [0.4, 0.5) is 16.0 Å². The van der Waals surface area contributed by atoms with E-state index in [-0.39, 0.29) is 40.7 Å². The minimum atomic E-state index is -3.67. The van der Waals surface area contributed by atoms with Crippen LogP contribution in [0.25, 0.3) is 22.4 Å². The largest absolute Gasteiger partial charge is 0.351 e. The van der Waals surface area contributed by atoms with Gasteiger partial charge in [0.2, 0.25) is 16.0 Å². The lowest BCUT2D eigenvalue weighted by molar-refractivity contribution is 0.221. The zero-order valence-corrected chi connectivity index (χ0v) is 24.3. The molecule has 3 aromatic rings. The molecule has 2 aliphatic rings. The van der Waals surface area contributed by atoms with Crippen molar-refractivity contribution < 1.29 is 12.8 Å². The van der Waals surface area contributed by atoms with E-state index in [2.05, 4.69) is 44.0 Å². The van der Waals surface area contributed by atoms with Gasteiger partial charge >= 0.3 is 0 Å². The average Bonchev–Trinajstić information content (AvgIpc) is 2.87. The summed E-state index contributed by atoms with van der Waals surface area (Å²) in [6, 6.07) is 4.58. The Morgan fingerprint density at radius 2 is 1.82 bits per heavy atom. The number of halogens is 1. The van der Waals surface area contributed by atoms with Gasteiger partial charge in [-0.2, -0.15) is 4.98 Å². The monoisotopic (exact) mass is 571 g/mol. The van der Waals surface area contributed by atoms with Crippen LogP contribution in [-0.2, 0) is 10.0 Å². The molecule has 40 heavy (non-hydrogen) atoms. The van der Waals surface area contributed by atoms with Crippen molar-refractivity contribution >= 4 is 32.8 Å². The molecular formula is C28H38FN7O3S. The van der Waals surface area contributed by atoms with Crippen LogP contribution < -0.4 is 15.6 Å². The first-order chi connectivity index (χ1) is 19.0. The van der Waals surface area contributed by atoms with Gasteiger partial charge in [-0.3, -0.25) is 14.1 Å². The standard InChI is InChI=1S/C28H38FN7O3S/c1-17(2)36-26-24(15-30-28(33-26)31-20-9-11-21(12-10-20)35(3)4)32-25(27(36)37)19-8-13-23(22(29)14-19)34-40(38,39)16-18-6-5-7-18/h8,13-15,17-18,20-21,34H,5-7,9-12,16H2,1-4H3,(H,30,31,33). The Kier molecular flexibility index (Phi) is 8.10. The van der Waals surface area contributed by atoms with Crippen LogP contribution in [0.15, 0.2) is 29.2 Å². The van der Waals surface area contributed by atoms with Crippen molar-refractivity contribution in [3.05, 3.63) is 40.6 Å². The van der Waals surface area contributed by atoms with E-state index in [0.29, 0.717) is 23.2 Å². The second kappa shape index (κ2) is 11.4. The highest BCUT2D eigenvalue weighted by atomic mass is 32.2. The Bertz CT molecular complexity index is 1550. The third kappa shape index (κ3) is 6.12. The molecule has 216 valence electrons. The molecular weight excluding hydrogens is 533 g/mol. The van der Waals surface area contributed by atoms with Crippen LogP contribution >= 0.6 is 0 Å². The first-order valence-corrected chi connectivity index (χ1v) is 15.7. The molecule has 1 aromatic carbocycles. The Labute approximate surface area is 234 Å². The van der Waals surface area contributed by atoms with Crippen molar-refractivity contribution in [3.63, 3.8) is 0 Å². The summed E-state index contributed by atoms with van der Waals surface area (Å²) in [6.45, 7) is 3.76. The zero-order chi connectivity index (χ0) is 28.6. The van der Waals surface area contributed by atoms with E-state index < -0.39 is 21.4 Å². The van der Waals surface area contributed by atoms with Gasteiger partial charge in [0.15, 0.2) is 5.65 Å². The van der Waals surface area contributed by atoms with Crippen molar-refractivity contribution in [1.82, 2.24) is 24.4 Å². The maximum absolute atomic E-state index is 15.0. The van der Waals surface area contributed by atoms with E-state index in [9.17, 15) is 13.2 Å². The van der Waals surface area contributed by atoms with E-state index in [1.807, 2.05) is 13.8 Å². The Hall–Kier alpha value is -3.12. The van der Waals surface area contributed by atoms with Gasteiger partial charge in [-0.15, -0.1) is 0 Å². The molecule has 0 saturated heterocycles. The molecule has 10 nitrogen and oxygen atoms in total. The molecule has 12 heteroatoms. The number of fused-ring (bicyclic) bond motifs is 1. The van der Waals surface area contributed by atoms with E-state index in [4.69, 9.17) is 0 Å². The lowest BCUT2D eigenvalue weighted by Gasteiger charge is -2.32. The highest BCUT2D eigenvalue weighted by molar-refractivity contribution is 7.92. The van der Waals surface area contributed by atoms with Gasteiger partial charge in [-0.25, -0.2) is 22.8 Å². The van der Waals surface area contributed by atoms with Gasteiger partial charge in [-0.1, -0.05) is 12.5 Å². The van der Waals surface area contributed by atoms with E-state index in [1.54, 1.807) is 10.8 Å². The lowest BCUT2D eigenvalue weighted by atomic mass is 9.87. The predicted octanol–water partition coefficient (Wildman–Crippen LogP) is 4.40. The minimum absolute atomic E-state index is 0.0201. The summed E-state index contributed by atoms with van der Waals surface area (Å²) < 4.78 is 43.9. The van der Waals surface area contributed by atoms with Gasteiger partial charge in [0.25, 0.3) is 5.56 Å². The molecule has 2 fully saturated rings. The second-order valence-corrected chi connectivity index (χ2v) is 13.4. The first kappa shape index (κ1) is 28.4. The summed E-state index contributed by atoms with van der Waals surface area (Å²) in [7, 11) is 0.552. The molecule has 0 radical (unpaired) electrons. The van der Waals surface area contributed by atoms with Crippen molar-refractivity contribution in [2.45, 2.75) is 76.9 Å². The number of hydrogen-bond acceptors (Lipinski definition) is 8. The smallest absolute Gasteiger partial charge is 0.278 e. The summed E-state index contributed by atoms with van der Waals surface area (Å²) in [6.07, 6.45) is 8.56. The normalized spacial score (nSPS) is 20.2. The van der Waals surface area contributed by atoms with Crippen molar-refractivity contribution in [1.29, 1.82) is 0 Å². The van der Waals surface area contributed by atoms with Crippen LogP contribution in [0.3, 0.4) is 0 Å². The van der Waals surface area contributed by atoms with Gasteiger partial charge in [0.05, 0.1) is 17.6 Å². The van der Waals surface area contributed by atoms with Crippen LogP contribution in [0.5, 0.6) is 0 Å². The fourth-order valence-corrected chi connectivity index (χ4v) is 7.12. The SMILES string of the molecule is CC(C)n1c(=O)c(-c2ccc(NS(=O)(=O)CC3CCC3)c(F)c2)nc2cnc(NC3CCC(N(C)C)CC3)nc21. The van der Waals surface area contributed by atoms with Gasteiger partial charge in [0.1, 0.15) is 17.0 Å². The van der Waals surface area contributed by atoms with Crippen molar-refractivity contribution in [3.8, 4) is 11.3 Å². The topological polar surface area (TPSA) is 122 Å². The molecule has 2 aromatic heterocycles. The second-order valence-electron chi connectivity index (χ2n) is 11.6. The third-order valence-electron chi connectivity index (χ3n) is 8.10. The molecule has 0 bridgehead atoms. The summed E-state index contributed by atoms with van der Waals surface area (Å²) in [5.74, 6) is -0.221. The Morgan fingerprint density at radius 1 is 1.10 bits per heavy atom. The number of nitrogens with zero attached hydrogens (tertiary/aromatic N) is 5. The van der Waals surface area contributed by atoms with E-state index in [1.165, 1.54) is 12.1 Å². The molecule has 0 amide bonds. The van der Waals surface area contributed by atoms with Gasteiger partial charge < -0.3 is 10.2 Å². The highest BCUT2D eigenvalue weighted by Gasteiger charge is 2.26. The summed E-state index contributed by atoms with van der Waals surface area (Å²) in [5.41, 5.74) is 0.568. The number of sulfonamides is 1. The maximum atomic E-state index is 15.0. The Morgan fingerprint density at radius 3 is 2.42 bits per heavy atom. The van der Waals surface area contributed by atoms with Crippen LogP contribution in [0.2, 0.25) is 0 Å². The van der Waals surface area contributed by atoms with E-state index >= 15 is 4.39 Å². The van der Waals surface area contributed by atoms with Crippen LogP contribution in [-0.4, -0.2) is 64.8 Å². The molecule has 2 heterocycles. The molecule has 5 rings (SSSR count). The molecule has 0 aliphatic heterocycles. The first-order valence-electron chi connectivity index (χ1n) is 14.0. The van der Waals surface area contributed by atoms with E-state index in [0.717, 1.165) is 51.0 Å². The molecule has 2 N–H and O–H groups in total. The van der Waals surface area contributed by atoms with Crippen molar-refractivity contribution in [2.24, 2.45) is 5.92 Å². The molecule has 0 spiro atoms. The number of rotatable bonds is 9. The maximum Gasteiger partial charge on any atom is 0.278 e. The highest BCUT2D eigenvalue weighted by Crippen LogP contribution is 2.30. The number of benzene rings is 1. The summed E-state index contributed by atoms with van der Waals surface area (Å²) >= 11 is 0. The molecule has 0 unspecified atom stereocenters. The summed E-state index contributed by atoms with van der Waals surface area (Å²) in [5, 5.41) is 3.43. The zero-order valence-electron chi connectivity index (χ0n) is 23.5. The molecule has 2 saturated carbocycles. The fraction of sp³-hybridized carbons (Fsp3) is 0.571. The Balaban J connectivity index is 1.41. The summed E-state index contributed by atoms with van der Waals surface area (Å²) in [4.78, 5) is 29.5. The quantitative estimate of drug-likeness (QED) is 0.388. The van der Waals surface area contributed by atoms with Gasteiger partial charge in [0, 0.05) is 23.7 Å². The van der Waals surface area contributed by atoms with Crippen LogP contribution in [0, 0.1) is 11.7 Å². The molecule has 0 atom stereocenters. The van der Waals surface area contributed by atoms with Gasteiger partial charge in [-0.05, 0) is 84.5 Å². The number of nitrogens with one attached hydrogen (secondary N) is 2.